The number of halogens is 3. The lowest BCUT2D eigenvalue weighted by atomic mass is 10.0. The van der Waals surface area contributed by atoms with Crippen molar-refractivity contribution in [1.29, 1.82) is 0 Å². The Morgan fingerprint density at radius 1 is 0.889 bits per heavy atom. The lowest BCUT2D eigenvalue weighted by molar-refractivity contribution is 0.168. The molecule has 0 heterocycles. The fourth-order valence-electron chi connectivity index (χ4n) is 1.84. The monoisotopic (exact) mass is 266 g/mol. The standard InChI is InChI=1S/C15H13ClF2/c16-13-9-5-4-8-12(13)15(18)14(17)10-11-6-2-1-3-7-11/h1-9,14-15H,10H2. The third-order valence-corrected chi connectivity index (χ3v) is 3.14. The van der Waals surface area contributed by atoms with Crippen LogP contribution in [-0.4, -0.2) is 6.17 Å². The fraction of sp³-hybridized carbons (Fsp3) is 0.200. The summed E-state index contributed by atoms with van der Waals surface area (Å²) in [6.45, 7) is 0. The smallest absolute Gasteiger partial charge is 0.158 e. The molecule has 0 saturated carbocycles. The van der Waals surface area contributed by atoms with Crippen molar-refractivity contribution in [2.24, 2.45) is 0 Å². The molecule has 0 saturated heterocycles. The molecule has 0 nitrogen and oxygen atoms in total. The summed E-state index contributed by atoms with van der Waals surface area (Å²) in [4.78, 5) is 0. The zero-order chi connectivity index (χ0) is 13.0. The van der Waals surface area contributed by atoms with Crippen LogP contribution in [0.25, 0.3) is 0 Å². The largest absolute Gasteiger partial charge is 0.244 e. The van der Waals surface area contributed by atoms with E-state index in [1.807, 2.05) is 18.2 Å². The van der Waals surface area contributed by atoms with Gasteiger partial charge < -0.3 is 0 Å². The molecule has 2 rings (SSSR count). The number of benzene rings is 2. The molecule has 0 N–H and O–H groups in total. The van der Waals surface area contributed by atoms with Crippen LogP contribution in [0.5, 0.6) is 0 Å². The SMILES string of the molecule is FC(Cc1ccccc1)C(F)c1ccccc1Cl. The van der Waals surface area contributed by atoms with Crippen LogP contribution in [-0.2, 0) is 6.42 Å². The lowest BCUT2D eigenvalue weighted by Crippen LogP contribution is -2.13. The topological polar surface area (TPSA) is 0 Å². The molecule has 3 heteroatoms. The van der Waals surface area contributed by atoms with Crippen LogP contribution in [0.4, 0.5) is 8.78 Å². The fourth-order valence-corrected chi connectivity index (χ4v) is 2.08. The first-order valence-electron chi connectivity index (χ1n) is 5.75. The molecule has 0 fully saturated rings. The minimum absolute atomic E-state index is 0.0488. The van der Waals surface area contributed by atoms with E-state index in [2.05, 4.69) is 0 Å². The van der Waals surface area contributed by atoms with E-state index in [-0.39, 0.29) is 17.0 Å². The van der Waals surface area contributed by atoms with Crippen molar-refractivity contribution in [3.05, 3.63) is 70.7 Å². The Morgan fingerprint density at radius 3 is 2.17 bits per heavy atom. The molecule has 2 aromatic rings. The van der Waals surface area contributed by atoms with E-state index < -0.39 is 12.3 Å². The third-order valence-electron chi connectivity index (χ3n) is 2.79. The molecule has 0 amide bonds. The van der Waals surface area contributed by atoms with Crippen LogP contribution in [0.15, 0.2) is 54.6 Å². The van der Waals surface area contributed by atoms with Crippen molar-refractivity contribution in [3.63, 3.8) is 0 Å². The summed E-state index contributed by atoms with van der Waals surface area (Å²) in [5, 5.41) is 0.265. The van der Waals surface area contributed by atoms with Gasteiger partial charge in [0.15, 0.2) is 6.17 Å². The van der Waals surface area contributed by atoms with E-state index in [0.29, 0.717) is 0 Å². The van der Waals surface area contributed by atoms with Crippen LogP contribution >= 0.6 is 11.6 Å². The van der Waals surface area contributed by atoms with Crippen molar-refractivity contribution in [1.82, 2.24) is 0 Å². The molecule has 2 aromatic carbocycles. The zero-order valence-electron chi connectivity index (χ0n) is 9.69. The maximum atomic E-state index is 14.0. The van der Waals surface area contributed by atoms with Gasteiger partial charge >= 0.3 is 0 Å². The molecule has 0 spiro atoms. The van der Waals surface area contributed by atoms with Gasteiger partial charge in [-0.3, -0.25) is 0 Å². The van der Waals surface area contributed by atoms with Gasteiger partial charge in [0, 0.05) is 17.0 Å². The van der Waals surface area contributed by atoms with Crippen LogP contribution in [0, 0.1) is 0 Å². The molecule has 0 bridgehead atoms. The molecular formula is C15H13ClF2. The van der Waals surface area contributed by atoms with Gasteiger partial charge in [0.25, 0.3) is 0 Å². The highest BCUT2D eigenvalue weighted by Crippen LogP contribution is 2.31. The molecule has 0 aliphatic heterocycles. The summed E-state index contributed by atoms with van der Waals surface area (Å²) < 4.78 is 27.9. The van der Waals surface area contributed by atoms with E-state index in [4.69, 9.17) is 11.6 Å². The normalized spacial score (nSPS) is 14.2. The Kier molecular flexibility index (Phi) is 4.32. The summed E-state index contributed by atoms with van der Waals surface area (Å²) in [5.41, 5.74) is 0.988. The first-order valence-corrected chi connectivity index (χ1v) is 6.13. The Bertz CT molecular complexity index is 499. The number of hydrogen-bond donors (Lipinski definition) is 0. The third kappa shape index (κ3) is 3.08. The Morgan fingerprint density at radius 2 is 1.50 bits per heavy atom. The quantitative estimate of drug-likeness (QED) is 0.736. The van der Waals surface area contributed by atoms with E-state index in [9.17, 15) is 8.78 Å². The van der Waals surface area contributed by atoms with Crippen molar-refractivity contribution >= 4 is 11.6 Å². The van der Waals surface area contributed by atoms with Crippen molar-refractivity contribution in [2.75, 3.05) is 0 Å². The highest BCUT2D eigenvalue weighted by Gasteiger charge is 2.24. The van der Waals surface area contributed by atoms with Crippen LogP contribution < -0.4 is 0 Å². The first-order chi connectivity index (χ1) is 8.68. The summed E-state index contributed by atoms with van der Waals surface area (Å²) >= 11 is 5.86. The summed E-state index contributed by atoms with van der Waals surface area (Å²) in [6.07, 6.45) is -3.24. The van der Waals surface area contributed by atoms with E-state index in [1.54, 1.807) is 30.3 Å². The second-order valence-electron chi connectivity index (χ2n) is 4.13. The maximum absolute atomic E-state index is 14.0. The van der Waals surface area contributed by atoms with Crippen LogP contribution in [0.1, 0.15) is 17.3 Å². The molecule has 0 aliphatic carbocycles. The Balaban J connectivity index is 2.10. The molecule has 0 aliphatic rings. The van der Waals surface area contributed by atoms with Crippen molar-refractivity contribution in [3.8, 4) is 0 Å². The molecule has 2 atom stereocenters. The summed E-state index contributed by atoms with van der Waals surface area (Å²) in [7, 11) is 0. The molecule has 0 aromatic heterocycles. The van der Waals surface area contributed by atoms with Gasteiger partial charge in [0.1, 0.15) is 6.17 Å². The molecule has 0 radical (unpaired) electrons. The Labute approximate surface area is 110 Å². The lowest BCUT2D eigenvalue weighted by Gasteiger charge is -2.15. The van der Waals surface area contributed by atoms with Gasteiger partial charge in [-0.2, -0.15) is 0 Å². The van der Waals surface area contributed by atoms with Gasteiger partial charge in [-0.25, -0.2) is 8.78 Å². The molecule has 18 heavy (non-hydrogen) atoms. The van der Waals surface area contributed by atoms with Gasteiger partial charge in [0.2, 0.25) is 0 Å². The average molecular weight is 267 g/mol. The Hall–Kier alpha value is -1.41. The summed E-state index contributed by atoms with van der Waals surface area (Å²) in [6, 6.07) is 15.5. The van der Waals surface area contributed by atoms with Gasteiger partial charge in [-0.15, -0.1) is 0 Å². The van der Waals surface area contributed by atoms with Gasteiger partial charge in [0.05, 0.1) is 0 Å². The molecular weight excluding hydrogens is 254 g/mol. The first kappa shape index (κ1) is 13.0. The van der Waals surface area contributed by atoms with E-state index >= 15 is 0 Å². The predicted octanol–water partition coefficient (Wildman–Crippen LogP) is 4.93. The minimum Gasteiger partial charge on any atom is -0.244 e. The van der Waals surface area contributed by atoms with Crippen LogP contribution in [0.3, 0.4) is 0 Å². The maximum Gasteiger partial charge on any atom is 0.158 e. The second-order valence-corrected chi connectivity index (χ2v) is 4.54. The predicted molar refractivity (Wildman–Crippen MR) is 70.3 cm³/mol. The average Bonchev–Trinajstić information content (AvgIpc) is 2.39. The minimum atomic E-state index is -1.70. The number of hydrogen-bond acceptors (Lipinski definition) is 0. The van der Waals surface area contributed by atoms with E-state index in [1.165, 1.54) is 6.07 Å². The highest BCUT2D eigenvalue weighted by molar-refractivity contribution is 6.31. The van der Waals surface area contributed by atoms with Crippen molar-refractivity contribution in [2.45, 2.75) is 18.8 Å². The number of alkyl halides is 2. The second kappa shape index (κ2) is 5.96. The molecule has 94 valence electrons. The number of rotatable bonds is 4. The van der Waals surface area contributed by atoms with Crippen molar-refractivity contribution < 1.29 is 8.78 Å². The van der Waals surface area contributed by atoms with Crippen LogP contribution in [0.2, 0.25) is 5.02 Å². The molecule has 2 unspecified atom stereocenters. The van der Waals surface area contributed by atoms with Gasteiger partial charge in [-0.05, 0) is 11.6 Å². The van der Waals surface area contributed by atoms with Gasteiger partial charge in [-0.1, -0.05) is 60.1 Å². The zero-order valence-corrected chi connectivity index (χ0v) is 10.4. The highest BCUT2D eigenvalue weighted by atomic mass is 35.5. The summed E-state index contributed by atoms with van der Waals surface area (Å²) in [5.74, 6) is 0. The van der Waals surface area contributed by atoms with E-state index in [0.717, 1.165) is 5.56 Å².